The Balaban J connectivity index is 1.81. The van der Waals surface area contributed by atoms with Gasteiger partial charge in [-0.2, -0.15) is 0 Å². The van der Waals surface area contributed by atoms with Crippen LogP contribution in [0, 0.1) is 17.0 Å². The molecule has 0 unspecified atom stereocenters. The zero-order valence-corrected chi connectivity index (χ0v) is 12.1. The first-order valence-electron chi connectivity index (χ1n) is 6.78. The number of hydrogen-bond acceptors (Lipinski definition) is 4. The molecule has 22 heavy (non-hydrogen) atoms. The largest absolute Gasteiger partial charge is 0.493 e. The average Bonchev–Trinajstić information content (AvgIpc) is 2.49. The quantitative estimate of drug-likeness (QED) is 0.655. The molecule has 0 spiro atoms. The van der Waals surface area contributed by atoms with Crippen LogP contribution in [-0.2, 0) is 4.79 Å². The number of ether oxygens (including phenoxy) is 1. The Morgan fingerprint density at radius 1 is 1.23 bits per heavy atom. The van der Waals surface area contributed by atoms with E-state index in [0.29, 0.717) is 11.4 Å². The molecule has 6 heteroatoms. The van der Waals surface area contributed by atoms with E-state index < -0.39 is 4.92 Å². The van der Waals surface area contributed by atoms with E-state index >= 15 is 0 Å². The molecule has 0 aliphatic carbocycles. The number of nitrogens with one attached hydrogen (secondary N) is 1. The molecule has 2 aromatic carbocycles. The Bertz CT molecular complexity index is 668. The van der Waals surface area contributed by atoms with Crippen LogP contribution in [0.3, 0.4) is 0 Å². The third-order valence-corrected chi connectivity index (χ3v) is 2.96. The van der Waals surface area contributed by atoms with E-state index in [0.717, 1.165) is 5.56 Å². The topological polar surface area (TPSA) is 81.5 Å². The van der Waals surface area contributed by atoms with Crippen LogP contribution in [0.4, 0.5) is 11.4 Å². The van der Waals surface area contributed by atoms with Gasteiger partial charge in [0.2, 0.25) is 5.91 Å². The van der Waals surface area contributed by atoms with Gasteiger partial charge in [-0.15, -0.1) is 0 Å². The van der Waals surface area contributed by atoms with Gasteiger partial charge in [-0.25, -0.2) is 0 Å². The molecule has 0 bridgehead atoms. The Labute approximate surface area is 127 Å². The van der Waals surface area contributed by atoms with Gasteiger partial charge in [0, 0.05) is 17.8 Å². The Hall–Kier alpha value is -2.89. The molecule has 0 radical (unpaired) electrons. The summed E-state index contributed by atoms with van der Waals surface area (Å²) in [6.45, 7) is 2.22. The predicted molar refractivity (Wildman–Crippen MR) is 83.0 cm³/mol. The molecule has 6 nitrogen and oxygen atoms in total. The second kappa shape index (κ2) is 7.21. The highest BCUT2D eigenvalue weighted by Crippen LogP contribution is 2.17. The number of rotatable bonds is 6. The third-order valence-electron chi connectivity index (χ3n) is 2.96. The fraction of sp³-hybridized carbons (Fsp3) is 0.188. The smallest absolute Gasteiger partial charge is 0.271 e. The van der Waals surface area contributed by atoms with Crippen molar-refractivity contribution in [2.24, 2.45) is 0 Å². The number of amides is 1. The van der Waals surface area contributed by atoms with Crippen LogP contribution in [0.1, 0.15) is 12.0 Å². The molecule has 1 N–H and O–H groups in total. The predicted octanol–water partition coefficient (Wildman–Crippen LogP) is 3.31. The molecule has 2 rings (SSSR count). The van der Waals surface area contributed by atoms with E-state index in [1.807, 2.05) is 31.2 Å². The molecule has 0 saturated heterocycles. The van der Waals surface area contributed by atoms with Crippen molar-refractivity contribution < 1.29 is 14.5 Å². The van der Waals surface area contributed by atoms with Crippen molar-refractivity contribution in [3.8, 4) is 5.75 Å². The second-order valence-corrected chi connectivity index (χ2v) is 4.77. The molecule has 0 fully saturated rings. The Morgan fingerprint density at radius 2 is 1.95 bits per heavy atom. The Morgan fingerprint density at radius 3 is 2.64 bits per heavy atom. The van der Waals surface area contributed by atoms with Crippen LogP contribution in [0.15, 0.2) is 48.5 Å². The van der Waals surface area contributed by atoms with E-state index in [2.05, 4.69) is 5.32 Å². The number of non-ortho nitro benzene ring substituents is 1. The maximum Gasteiger partial charge on any atom is 0.271 e. The number of nitrogens with zero attached hydrogens (tertiary/aromatic N) is 1. The minimum atomic E-state index is -0.504. The van der Waals surface area contributed by atoms with E-state index in [4.69, 9.17) is 4.74 Å². The van der Waals surface area contributed by atoms with Crippen molar-refractivity contribution in [2.45, 2.75) is 13.3 Å². The molecule has 1 amide bonds. The molecular formula is C16H16N2O4. The van der Waals surface area contributed by atoms with Crippen LogP contribution in [0.25, 0.3) is 0 Å². The van der Waals surface area contributed by atoms with Crippen LogP contribution >= 0.6 is 0 Å². The number of nitro benzene ring substituents is 1. The van der Waals surface area contributed by atoms with Crippen molar-refractivity contribution in [3.05, 3.63) is 64.2 Å². The monoisotopic (exact) mass is 300 g/mol. The molecule has 0 aliphatic rings. The number of nitro groups is 1. The van der Waals surface area contributed by atoms with Crippen LogP contribution in [-0.4, -0.2) is 17.4 Å². The maximum absolute atomic E-state index is 11.8. The first-order valence-corrected chi connectivity index (χ1v) is 6.78. The maximum atomic E-state index is 11.8. The van der Waals surface area contributed by atoms with Gasteiger partial charge >= 0.3 is 0 Å². The highest BCUT2D eigenvalue weighted by atomic mass is 16.6. The zero-order valence-electron chi connectivity index (χ0n) is 12.1. The van der Waals surface area contributed by atoms with Gasteiger partial charge in [0.15, 0.2) is 0 Å². The molecule has 0 aliphatic heterocycles. The third kappa shape index (κ3) is 4.59. The Kier molecular flexibility index (Phi) is 5.08. The first-order chi connectivity index (χ1) is 10.5. The lowest BCUT2D eigenvalue weighted by atomic mass is 10.2. The summed E-state index contributed by atoms with van der Waals surface area (Å²) in [5, 5.41) is 13.3. The molecule has 2 aromatic rings. The fourth-order valence-electron chi connectivity index (χ4n) is 1.82. The SMILES string of the molecule is Cc1ccc(OCCC(=O)Nc2cccc([N+](=O)[O-])c2)cc1. The van der Waals surface area contributed by atoms with E-state index in [-0.39, 0.29) is 24.6 Å². The van der Waals surface area contributed by atoms with Crippen molar-refractivity contribution >= 4 is 17.3 Å². The summed E-state index contributed by atoms with van der Waals surface area (Å²) in [6, 6.07) is 13.4. The summed E-state index contributed by atoms with van der Waals surface area (Å²) in [7, 11) is 0. The second-order valence-electron chi connectivity index (χ2n) is 4.77. The van der Waals surface area contributed by atoms with Crippen molar-refractivity contribution in [3.63, 3.8) is 0 Å². The summed E-state index contributed by atoms with van der Waals surface area (Å²) in [5.41, 5.74) is 1.47. The molecule has 0 atom stereocenters. The standard InChI is InChI=1S/C16H16N2O4/c1-12-5-7-15(8-6-12)22-10-9-16(19)17-13-3-2-4-14(11-13)18(20)21/h2-8,11H,9-10H2,1H3,(H,17,19). The summed E-state index contributed by atoms with van der Waals surface area (Å²) in [4.78, 5) is 21.9. The molecule has 0 heterocycles. The summed E-state index contributed by atoms with van der Waals surface area (Å²) >= 11 is 0. The van der Waals surface area contributed by atoms with E-state index in [9.17, 15) is 14.9 Å². The van der Waals surface area contributed by atoms with Gasteiger partial charge in [0.05, 0.1) is 18.0 Å². The summed E-state index contributed by atoms with van der Waals surface area (Å²) in [5.74, 6) is 0.446. The fourth-order valence-corrected chi connectivity index (χ4v) is 1.82. The van der Waals surface area contributed by atoms with Gasteiger partial charge < -0.3 is 10.1 Å². The van der Waals surface area contributed by atoms with Crippen molar-refractivity contribution in [2.75, 3.05) is 11.9 Å². The molecule has 0 saturated carbocycles. The minimum Gasteiger partial charge on any atom is -0.493 e. The summed E-state index contributed by atoms with van der Waals surface area (Å²) in [6.07, 6.45) is 0.163. The van der Waals surface area contributed by atoms with Crippen LogP contribution in [0.2, 0.25) is 0 Å². The number of carbonyl (C=O) groups is 1. The number of aryl methyl sites for hydroxylation is 1. The van der Waals surface area contributed by atoms with Crippen molar-refractivity contribution in [1.82, 2.24) is 0 Å². The lowest BCUT2D eigenvalue weighted by Crippen LogP contribution is -2.15. The highest BCUT2D eigenvalue weighted by Gasteiger charge is 2.08. The highest BCUT2D eigenvalue weighted by molar-refractivity contribution is 5.91. The molecular weight excluding hydrogens is 284 g/mol. The molecule has 114 valence electrons. The van der Waals surface area contributed by atoms with Gasteiger partial charge in [-0.05, 0) is 25.1 Å². The average molecular weight is 300 g/mol. The lowest BCUT2D eigenvalue weighted by molar-refractivity contribution is -0.384. The van der Waals surface area contributed by atoms with Gasteiger partial charge in [-0.1, -0.05) is 23.8 Å². The number of anilines is 1. The minimum absolute atomic E-state index is 0.0614. The van der Waals surface area contributed by atoms with Crippen molar-refractivity contribution in [1.29, 1.82) is 0 Å². The number of carbonyl (C=O) groups excluding carboxylic acids is 1. The number of hydrogen-bond donors (Lipinski definition) is 1. The normalized spacial score (nSPS) is 10.0. The van der Waals surface area contributed by atoms with Gasteiger partial charge in [0.25, 0.3) is 5.69 Å². The molecule has 0 aromatic heterocycles. The van der Waals surface area contributed by atoms with E-state index in [1.54, 1.807) is 6.07 Å². The lowest BCUT2D eigenvalue weighted by Gasteiger charge is -2.07. The van der Waals surface area contributed by atoms with Gasteiger partial charge in [-0.3, -0.25) is 14.9 Å². The van der Waals surface area contributed by atoms with Crippen LogP contribution < -0.4 is 10.1 Å². The summed E-state index contributed by atoms with van der Waals surface area (Å²) < 4.78 is 5.46. The zero-order chi connectivity index (χ0) is 15.9. The number of benzene rings is 2. The van der Waals surface area contributed by atoms with Crippen LogP contribution in [0.5, 0.6) is 5.75 Å². The van der Waals surface area contributed by atoms with E-state index in [1.165, 1.54) is 18.2 Å². The van der Waals surface area contributed by atoms with Gasteiger partial charge in [0.1, 0.15) is 5.75 Å². The first kappa shape index (κ1) is 15.5.